The minimum atomic E-state index is -0.403. The standard InChI is InChI=1S/C23H19NO4/c1-14-4-3-5-17(12-14)20-13-28-23-15(2)21(25)11-10-19(23)22(20)16-6-8-18(9-7-16)24(26)27/h3-12,25H,13H2,1-2H3. The predicted molar refractivity (Wildman–Crippen MR) is 109 cm³/mol. The third kappa shape index (κ3) is 3.01. The van der Waals surface area contributed by atoms with Crippen LogP contribution in [0.15, 0.2) is 60.7 Å². The van der Waals surface area contributed by atoms with E-state index in [1.54, 1.807) is 18.2 Å². The minimum Gasteiger partial charge on any atom is -0.508 e. The molecule has 1 N–H and O–H groups in total. The Hall–Kier alpha value is -3.60. The number of hydrogen-bond acceptors (Lipinski definition) is 4. The molecule has 28 heavy (non-hydrogen) atoms. The molecule has 0 atom stereocenters. The molecule has 3 aromatic rings. The van der Waals surface area contributed by atoms with Crippen molar-refractivity contribution >= 4 is 16.8 Å². The van der Waals surface area contributed by atoms with Gasteiger partial charge < -0.3 is 9.84 Å². The van der Waals surface area contributed by atoms with Gasteiger partial charge in [0.1, 0.15) is 18.1 Å². The fourth-order valence-electron chi connectivity index (χ4n) is 3.58. The van der Waals surface area contributed by atoms with Gasteiger partial charge in [0, 0.05) is 28.8 Å². The van der Waals surface area contributed by atoms with E-state index in [1.807, 2.05) is 38.1 Å². The number of phenols is 1. The zero-order chi connectivity index (χ0) is 19.8. The number of aromatic hydroxyl groups is 1. The summed E-state index contributed by atoms with van der Waals surface area (Å²) in [6, 6.07) is 18.2. The van der Waals surface area contributed by atoms with Crippen molar-refractivity contribution in [1.29, 1.82) is 0 Å². The van der Waals surface area contributed by atoms with Gasteiger partial charge in [0.05, 0.1) is 4.92 Å². The topological polar surface area (TPSA) is 72.6 Å². The van der Waals surface area contributed by atoms with E-state index in [0.717, 1.165) is 33.4 Å². The predicted octanol–water partition coefficient (Wildman–Crippen LogP) is 5.27. The number of phenolic OH excluding ortho intramolecular Hbond substituents is 1. The molecular weight excluding hydrogens is 354 g/mol. The summed E-state index contributed by atoms with van der Waals surface area (Å²) in [5, 5.41) is 21.1. The zero-order valence-electron chi connectivity index (χ0n) is 15.6. The molecule has 1 aliphatic rings. The van der Waals surface area contributed by atoms with Crippen LogP contribution in [0.5, 0.6) is 11.5 Å². The molecule has 0 unspecified atom stereocenters. The Kier molecular flexibility index (Phi) is 4.35. The fraction of sp³-hybridized carbons (Fsp3) is 0.130. The lowest BCUT2D eigenvalue weighted by Crippen LogP contribution is -2.13. The molecule has 0 radical (unpaired) electrons. The van der Waals surface area contributed by atoms with Crippen LogP contribution in [0.2, 0.25) is 0 Å². The Balaban J connectivity index is 1.98. The largest absolute Gasteiger partial charge is 0.508 e. The van der Waals surface area contributed by atoms with Gasteiger partial charge in [-0.15, -0.1) is 0 Å². The molecular formula is C23H19NO4. The number of nitro benzene ring substituents is 1. The smallest absolute Gasteiger partial charge is 0.269 e. The Bertz CT molecular complexity index is 1110. The molecule has 4 rings (SSSR count). The first-order valence-corrected chi connectivity index (χ1v) is 8.96. The van der Waals surface area contributed by atoms with E-state index >= 15 is 0 Å². The van der Waals surface area contributed by atoms with Gasteiger partial charge in [-0.1, -0.05) is 29.8 Å². The molecule has 5 nitrogen and oxygen atoms in total. The van der Waals surface area contributed by atoms with Crippen molar-refractivity contribution in [2.75, 3.05) is 6.61 Å². The Morgan fingerprint density at radius 1 is 1.00 bits per heavy atom. The molecule has 0 spiro atoms. The molecule has 3 aromatic carbocycles. The quantitative estimate of drug-likeness (QED) is 0.501. The molecule has 0 saturated carbocycles. The minimum absolute atomic E-state index is 0.0515. The van der Waals surface area contributed by atoms with Crippen LogP contribution in [0.4, 0.5) is 5.69 Å². The average molecular weight is 373 g/mol. The van der Waals surface area contributed by atoms with Gasteiger partial charge in [0.2, 0.25) is 0 Å². The van der Waals surface area contributed by atoms with Gasteiger partial charge in [-0.2, -0.15) is 0 Å². The van der Waals surface area contributed by atoms with Gasteiger partial charge in [-0.05, 0) is 54.8 Å². The average Bonchev–Trinajstić information content (AvgIpc) is 2.70. The first-order chi connectivity index (χ1) is 13.5. The summed E-state index contributed by atoms with van der Waals surface area (Å²) < 4.78 is 6.03. The van der Waals surface area contributed by atoms with Crippen molar-refractivity contribution in [3.05, 3.63) is 98.6 Å². The first kappa shape index (κ1) is 17.8. The lowest BCUT2D eigenvalue weighted by molar-refractivity contribution is -0.384. The first-order valence-electron chi connectivity index (χ1n) is 8.96. The molecule has 0 bridgehead atoms. The number of non-ortho nitro benzene ring substituents is 1. The highest BCUT2D eigenvalue weighted by Gasteiger charge is 2.25. The van der Waals surface area contributed by atoms with Crippen LogP contribution >= 0.6 is 0 Å². The van der Waals surface area contributed by atoms with Crippen LogP contribution in [0.1, 0.15) is 27.8 Å². The van der Waals surface area contributed by atoms with E-state index in [-0.39, 0.29) is 11.4 Å². The molecule has 140 valence electrons. The number of aryl methyl sites for hydroxylation is 1. The second-order valence-electron chi connectivity index (χ2n) is 6.90. The number of fused-ring (bicyclic) bond motifs is 1. The van der Waals surface area contributed by atoms with Gasteiger partial charge >= 0.3 is 0 Å². The maximum atomic E-state index is 11.0. The van der Waals surface area contributed by atoms with E-state index in [1.165, 1.54) is 12.1 Å². The summed E-state index contributed by atoms with van der Waals surface area (Å²) in [4.78, 5) is 10.6. The Morgan fingerprint density at radius 3 is 2.43 bits per heavy atom. The maximum absolute atomic E-state index is 11.0. The van der Waals surface area contributed by atoms with Crippen molar-refractivity contribution < 1.29 is 14.8 Å². The zero-order valence-corrected chi connectivity index (χ0v) is 15.6. The van der Waals surface area contributed by atoms with Gasteiger partial charge in [-0.3, -0.25) is 10.1 Å². The molecule has 1 aliphatic heterocycles. The van der Waals surface area contributed by atoms with Crippen LogP contribution in [0.3, 0.4) is 0 Å². The highest BCUT2D eigenvalue weighted by atomic mass is 16.6. The van der Waals surface area contributed by atoms with Crippen LogP contribution < -0.4 is 4.74 Å². The molecule has 0 aromatic heterocycles. The summed E-state index contributed by atoms with van der Waals surface area (Å²) in [6.45, 7) is 4.21. The van der Waals surface area contributed by atoms with E-state index in [4.69, 9.17) is 4.74 Å². The van der Waals surface area contributed by atoms with Crippen molar-refractivity contribution in [2.24, 2.45) is 0 Å². The number of hydrogen-bond donors (Lipinski definition) is 1. The van der Waals surface area contributed by atoms with Crippen LogP contribution in [-0.2, 0) is 0 Å². The summed E-state index contributed by atoms with van der Waals surface area (Å²) in [7, 11) is 0. The second-order valence-corrected chi connectivity index (χ2v) is 6.90. The Morgan fingerprint density at radius 2 is 1.75 bits per heavy atom. The highest BCUT2D eigenvalue weighted by Crippen LogP contribution is 2.44. The third-order valence-corrected chi connectivity index (χ3v) is 5.04. The van der Waals surface area contributed by atoms with Crippen molar-refractivity contribution in [3.8, 4) is 11.5 Å². The number of rotatable bonds is 3. The summed E-state index contributed by atoms with van der Waals surface area (Å²) in [6.07, 6.45) is 0. The lowest BCUT2D eigenvalue weighted by atomic mass is 9.86. The van der Waals surface area contributed by atoms with Gasteiger partial charge in [0.15, 0.2) is 0 Å². The van der Waals surface area contributed by atoms with Gasteiger partial charge in [0.25, 0.3) is 5.69 Å². The van der Waals surface area contributed by atoms with Crippen LogP contribution in [0, 0.1) is 24.0 Å². The Labute approximate surface area is 162 Å². The fourth-order valence-corrected chi connectivity index (χ4v) is 3.58. The van der Waals surface area contributed by atoms with E-state index < -0.39 is 4.92 Å². The van der Waals surface area contributed by atoms with E-state index in [2.05, 4.69) is 6.07 Å². The summed E-state index contributed by atoms with van der Waals surface area (Å²) in [5.74, 6) is 0.825. The molecule has 0 amide bonds. The summed E-state index contributed by atoms with van der Waals surface area (Å²) in [5.41, 5.74) is 6.63. The molecule has 5 heteroatoms. The van der Waals surface area contributed by atoms with E-state index in [0.29, 0.717) is 17.9 Å². The maximum Gasteiger partial charge on any atom is 0.269 e. The number of nitro groups is 1. The molecule has 0 saturated heterocycles. The van der Waals surface area contributed by atoms with Crippen LogP contribution in [-0.4, -0.2) is 16.6 Å². The molecule has 0 aliphatic carbocycles. The summed E-state index contributed by atoms with van der Waals surface area (Å²) >= 11 is 0. The van der Waals surface area contributed by atoms with Crippen LogP contribution in [0.25, 0.3) is 11.1 Å². The monoisotopic (exact) mass is 373 g/mol. The number of benzene rings is 3. The molecule has 1 heterocycles. The lowest BCUT2D eigenvalue weighted by Gasteiger charge is -2.26. The van der Waals surface area contributed by atoms with Crippen molar-refractivity contribution in [3.63, 3.8) is 0 Å². The van der Waals surface area contributed by atoms with Crippen molar-refractivity contribution in [1.82, 2.24) is 0 Å². The molecule has 0 fully saturated rings. The number of nitrogens with zero attached hydrogens (tertiary/aromatic N) is 1. The third-order valence-electron chi connectivity index (χ3n) is 5.04. The van der Waals surface area contributed by atoms with Gasteiger partial charge in [-0.25, -0.2) is 0 Å². The van der Waals surface area contributed by atoms with E-state index in [9.17, 15) is 15.2 Å². The van der Waals surface area contributed by atoms with Crippen molar-refractivity contribution in [2.45, 2.75) is 13.8 Å². The highest BCUT2D eigenvalue weighted by molar-refractivity contribution is 6.02. The number of ether oxygens (including phenoxy) is 1. The normalized spacial score (nSPS) is 13.1. The SMILES string of the molecule is Cc1cccc(C2=C(c3ccc([N+](=O)[O-])cc3)c3ccc(O)c(C)c3OC2)c1. The second kappa shape index (κ2) is 6.85.